The minimum Gasteiger partial charge on any atom is -0.494 e. The molecule has 0 fully saturated rings. The van der Waals surface area contributed by atoms with Crippen LogP contribution in [0.3, 0.4) is 0 Å². The number of amides is 1. The predicted molar refractivity (Wildman–Crippen MR) is 88.2 cm³/mol. The average molecular weight is 314 g/mol. The maximum atomic E-state index is 13.8. The van der Waals surface area contributed by atoms with Crippen molar-refractivity contribution in [2.24, 2.45) is 0 Å². The fourth-order valence-electron chi connectivity index (χ4n) is 3.00. The van der Waals surface area contributed by atoms with E-state index < -0.39 is 5.82 Å². The summed E-state index contributed by atoms with van der Waals surface area (Å²) in [5, 5.41) is 0. The standard InChI is InChI=1S/C18H19FN2O2/c1-23-17-8-7-12(10-14(17)19)11-18(22)21-9-3-4-13-15(20)5-2-6-16(13)21/h2,5-8,10H,3-4,9,11,20H2,1H3. The summed E-state index contributed by atoms with van der Waals surface area (Å²) >= 11 is 0. The molecule has 0 spiro atoms. The minimum atomic E-state index is -0.457. The number of carbonyl (C=O) groups is 1. The van der Waals surface area contributed by atoms with Crippen molar-refractivity contribution in [2.45, 2.75) is 19.3 Å². The van der Waals surface area contributed by atoms with Gasteiger partial charge in [0.1, 0.15) is 0 Å². The Morgan fingerprint density at radius 3 is 2.91 bits per heavy atom. The number of fused-ring (bicyclic) bond motifs is 1. The topological polar surface area (TPSA) is 55.6 Å². The third-order valence-corrected chi connectivity index (χ3v) is 4.16. The maximum absolute atomic E-state index is 13.8. The summed E-state index contributed by atoms with van der Waals surface area (Å²) in [5.74, 6) is -0.334. The number of nitrogen functional groups attached to an aromatic ring is 1. The van der Waals surface area contributed by atoms with Crippen LogP contribution in [-0.2, 0) is 17.6 Å². The highest BCUT2D eigenvalue weighted by molar-refractivity contribution is 5.96. The molecule has 1 amide bonds. The number of carbonyl (C=O) groups excluding carboxylic acids is 1. The first-order valence-corrected chi connectivity index (χ1v) is 7.60. The Morgan fingerprint density at radius 2 is 2.17 bits per heavy atom. The molecule has 0 atom stereocenters. The van der Waals surface area contributed by atoms with Gasteiger partial charge in [0, 0.05) is 17.9 Å². The number of halogens is 1. The Kier molecular flexibility index (Phi) is 4.19. The first-order valence-electron chi connectivity index (χ1n) is 7.60. The quantitative estimate of drug-likeness (QED) is 0.886. The summed E-state index contributed by atoms with van der Waals surface area (Å²) in [4.78, 5) is 14.4. The average Bonchev–Trinajstić information content (AvgIpc) is 2.55. The van der Waals surface area contributed by atoms with E-state index in [1.807, 2.05) is 18.2 Å². The normalized spacial score (nSPS) is 13.6. The first-order chi connectivity index (χ1) is 11.1. The molecule has 0 saturated carbocycles. The van der Waals surface area contributed by atoms with Crippen molar-refractivity contribution in [3.8, 4) is 5.75 Å². The summed E-state index contributed by atoms with van der Waals surface area (Å²) in [7, 11) is 1.41. The van der Waals surface area contributed by atoms with Gasteiger partial charge in [0.2, 0.25) is 5.91 Å². The van der Waals surface area contributed by atoms with Gasteiger partial charge < -0.3 is 15.4 Å². The van der Waals surface area contributed by atoms with Gasteiger partial charge in [-0.2, -0.15) is 0 Å². The number of nitrogens with zero attached hydrogens (tertiary/aromatic N) is 1. The molecule has 1 aliphatic heterocycles. The zero-order valence-electron chi connectivity index (χ0n) is 13.0. The second-order valence-corrected chi connectivity index (χ2v) is 5.64. The van der Waals surface area contributed by atoms with Crippen molar-refractivity contribution in [2.75, 3.05) is 24.3 Å². The Balaban J connectivity index is 1.82. The molecule has 0 saturated heterocycles. The van der Waals surface area contributed by atoms with Crippen molar-refractivity contribution < 1.29 is 13.9 Å². The molecule has 2 aromatic carbocycles. The summed E-state index contributed by atoms with van der Waals surface area (Å²) in [6, 6.07) is 10.2. The van der Waals surface area contributed by atoms with Crippen molar-refractivity contribution in [3.63, 3.8) is 0 Å². The number of nitrogens with two attached hydrogens (primary N) is 1. The molecule has 1 aliphatic rings. The molecule has 2 N–H and O–H groups in total. The van der Waals surface area contributed by atoms with Gasteiger partial charge in [0.15, 0.2) is 11.6 Å². The van der Waals surface area contributed by atoms with Gasteiger partial charge in [0.25, 0.3) is 0 Å². The smallest absolute Gasteiger partial charge is 0.231 e. The third kappa shape index (κ3) is 2.99. The van der Waals surface area contributed by atoms with Crippen LogP contribution in [0, 0.1) is 5.82 Å². The molecular weight excluding hydrogens is 295 g/mol. The molecule has 120 valence electrons. The Morgan fingerprint density at radius 1 is 1.35 bits per heavy atom. The van der Waals surface area contributed by atoms with Crippen molar-refractivity contribution in [1.29, 1.82) is 0 Å². The van der Waals surface area contributed by atoms with Gasteiger partial charge in [-0.25, -0.2) is 4.39 Å². The predicted octanol–water partition coefficient (Wildman–Crippen LogP) is 2.94. The number of methoxy groups -OCH3 is 1. The first kappa shape index (κ1) is 15.3. The van der Waals surface area contributed by atoms with Crippen molar-refractivity contribution >= 4 is 17.3 Å². The van der Waals surface area contributed by atoms with Crippen LogP contribution in [0.5, 0.6) is 5.75 Å². The zero-order chi connectivity index (χ0) is 16.4. The lowest BCUT2D eigenvalue weighted by molar-refractivity contribution is -0.118. The van der Waals surface area contributed by atoms with Gasteiger partial charge in [-0.1, -0.05) is 12.1 Å². The summed E-state index contributed by atoms with van der Waals surface area (Å²) in [6.07, 6.45) is 1.90. The van der Waals surface area contributed by atoms with Crippen LogP contribution in [0.1, 0.15) is 17.5 Å². The number of hydrogen-bond acceptors (Lipinski definition) is 3. The minimum absolute atomic E-state index is 0.0545. The van der Waals surface area contributed by atoms with E-state index in [0.29, 0.717) is 12.1 Å². The number of ether oxygens (including phenoxy) is 1. The van der Waals surface area contributed by atoms with E-state index in [4.69, 9.17) is 10.5 Å². The fraction of sp³-hybridized carbons (Fsp3) is 0.278. The number of anilines is 2. The van der Waals surface area contributed by atoms with E-state index in [2.05, 4.69) is 0 Å². The van der Waals surface area contributed by atoms with E-state index in [1.165, 1.54) is 13.2 Å². The molecular formula is C18H19FN2O2. The van der Waals surface area contributed by atoms with E-state index in [0.717, 1.165) is 29.8 Å². The van der Waals surface area contributed by atoms with Crippen LogP contribution >= 0.6 is 0 Å². The van der Waals surface area contributed by atoms with Crippen LogP contribution in [-0.4, -0.2) is 19.6 Å². The molecule has 4 nitrogen and oxygen atoms in total. The number of hydrogen-bond donors (Lipinski definition) is 1. The third-order valence-electron chi connectivity index (χ3n) is 4.16. The molecule has 0 radical (unpaired) electrons. The molecule has 3 rings (SSSR count). The lowest BCUT2D eigenvalue weighted by atomic mass is 9.99. The Hall–Kier alpha value is -2.56. The number of benzene rings is 2. The second-order valence-electron chi connectivity index (χ2n) is 5.64. The van der Waals surface area contributed by atoms with Gasteiger partial charge in [-0.3, -0.25) is 4.79 Å². The Bertz CT molecular complexity index is 746. The lowest BCUT2D eigenvalue weighted by Crippen LogP contribution is -2.36. The maximum Gasteiger partial charge on any atom is 0.231 e. The summed E-state index contributed by atoms with van der Waals surface area (Å²) in [5.41, 5.74) is 9.25. The highest BCUT2D eigenvalue weighted by atomic mass is 19.1. The fourth-order valence-corrected chi connectivity index (χ4v) is 3.00. The summed E-state index contributed by atoms with van der Waals surface area (Å²) < 4.78 is 18.7. The molecule has 5 heteroatoms. The van der Waals surface area contributed by atoms with Crippen LogP contribution in [0.15, 0.2) is 36.4 Å². The largest absolute Gasteiger partial charge is 0.494 e. The van der Waals surface area contributed by atoms with Crippen molar-refractivity contribution in [3.05, 3.63) is 53.3 Å². The molecule has 0 aromatic heterocycles. The monoisotopic (exact) mass is 314 g/mol. The molecule has 2 aromatic rings. The van der Waals surface area contributed by atoms with Gasteiger partial charge in [0.05, 0.1) is 13.5 Å². The van der Waals surface area contributed by atoms with Crippen LogP contribution in [0.25, 0.3) is 0 Å². The van der Waals surface area contributed by atoms with E-state index in [9.17, 15) is 9.18 Å². The highest BCUT2D eigenvalue weighted by Gasteiger charge is 2.23. The van der Waals surface area contributed by atoms with Crippen LogP contribution in [0.2, 0.25) is 0 Å². The van der Waals surface area contributed by atoms with Gasteiger partial charge >= 0.3 is 0 Å². The van der Waals surface area contributed by atoms with E-state index >= 15 is 0 Å². The number of rotatable bonds is 3. The summed E-state index contributed by atoms with van der Waals surface area (Å²) in [6.45, 7) is 0.661. The van der Waals surface area contributed by atoms with Crippen molar-refractivity contribution in [1.82, 2.24) is 0 Å². The van der Waals surface area contributed by atoms with Gasteiger partial charge in [-0.05, 0) is 48.2 Å². The molecule has 0 bridgehead atoms. The van der Waals surface area contributed by atoms with Gasteiger partial charge in [-0.15, -0.1) is 0 Å². The highest BCUT2D eigenvalue weighted by Crippen LogP contribution is 2.31. The van der Waals surface area contributed by atoms with Crippen LogP contribution < -0.4 is 15.4 Å². The van der Waals surface area contributed by atoms with Crippen LogP contribution in [0.4, 0.5) is 15.8 Å². The molecule has 1 heterocycles. The lowest BCUT2D eigenvalue weighted by Gasteiger charge is -2.30. The molecule has 0 unspecified atom stereocenters. The van der Waals surface area contributed by atoms with E-state index in [-0.39, 0.29) is 18.1 Å². The van der Waals surface area contributed by atoms with E-state index in [1.54, 1.807) is 17.0 Å². The zero-order valence-corrected chi connectivity index (χ0v) is 13.0. The Labute approximate surface area is 134 Å². The second kappa shape index (κ2) is 6.28. The SMILES string of the molecule is COc1ccc(CC(=O)N2CCCc3c(N)cccc32)cc1F. The molecule has 0 aliphatic carbocycles. The molecule has 23 heavy (non-hydrogen) atoms.